The molecule has 0 fully saturated rings. The smallest absolute Gasteiger partial charge is 0.253 e. The Morgan fingerprint density at radius 3 is 2.82 bits per heavy atom. The van der Waals surface area contributed by atoms with Gasteiger partial charge in [0.25, 0.3) is 5.91 Å². The molecule has 0 aromatic heterocycles. The molecule has 0 unspecified atom stereocenters. The molecule has 94 valence electrons. The van der Waals surface area contributed by atoms with Gasteiger partial charge in [0.1, 0.15) is 0 Å². The van der Waals surface area contributed by atoms with Crippen molar-refractivity contribution >= 4 is 27.5 Å². The maximum Gasteiger partial charge on any atom is 0.253 e. The molecule has 5 heteroatoms. The van der Waals surface area contributed by atoms with E-state index in [1.54, 1.807) is 30.1 Å². The number of likely N-dealkylation sites (N-methyl/N-ethyl adjacent to an activating group) is 1. The molecule has 2 N–H and O–H groups in total. The summed E-state index contributed by atoms with van der Waals surface area (Å²) in [4.78, 5) is 13.6. The number of carbonyl (C=O) groups excluding carboxylic acids is 1. The number of nitrogens with zero attached hydrogens (tertiary/aromatic N) is 1. The van der Waals surface area contributed by atoms with Crippen molar-refractivity contribution in [1.29, 1.82) is 0 Å². The van der Waals surface area contributed by atoms with Gasteiger partial charge in [-0.05, 0) is 41.1 Å². The van der Waals surface area contributed by atoms with Gasteiger partial charge in [-0.2, -0.15) is 0 Å². The number of nitrogens with two attached hydrogens (primary N) is 1. The van der Waals surface area contributed by atoms with Crippen LogP contribution in [0.25, 0.3) is 0 Å². The molecule has 0 saturated carbocycles. The maximum absolute atomic E-state index is 12.0. The first-order valence-electron chi connectivity index (χ1n) is 5.44. The predicted octanol–water partition coefficient (Wildman–Crippen LogP) is 2.14. The molecule has 0 aliphatic rings. The van der Waals surface area contributed by atoms with Crippen LogP contribution in [-0.4, -0.2) is 37.6 Å². The standard InChI is InChI=1S/C12H17BrN2O2/c1-3-17-7-6-15(2)12(16)9-4-5-11(14)10(13)8-9/h4-5,8H,3,6-7,14H2,1-2H3. The van der Waals surface area contributed by atoms with E-state index in [0.29, 0.717) is 31.0 Å². The minimum atomic E-state index is -0.0367. The molecular formula is C12H17BrN2O2. The number of halogens is 1. The number of ether oxygens (including phenoxy) is 1. The van der Waals surface area contributed by atoms with Gasteiger partial charge in [0.05, 0.1) is 6.61 Å². The normalized spacial score (nSPS) is 10.3. The van der Waals surface area contributed by atoms with Gasteiger partial charge in [-0.1, -0.05) is 0 Å². The minimum absolute atomic E-state index is 0.0367. The van der Waals surface area contributed by atoms with Crippen molar-refractivity contribution in [3.8, 4) is 0 Å². The van der Waals surface area contributed by atoms with Gasteiger partial charge >= 0.3 is 0 Å². The third-order valence-electron chi connectivity index (χ3n) is 2.37. The van der Waals surface area contributed by atoms with Crippen molar-refractivity contribution in [2.45, 2.75) is 6.92 Å². The van der Waals surface area contributed by atoms with Crippen LogP contribution in [0.15, 0.2) is 22.7 Å². The fourth-order valence-electron chi connectivity index (χ4n) is 1.33. The first-order valence-corrected chi connectivity index (χ1v) is 6.23. The Morgan fingerprint density at radius 1 is 1.53 bits per heavy atom. The number of anilines is 1. The second-order valence-corrected chi connectivity index (χ2v) is 4.51. The topological polar surface area (TPSA) is 55.6 Å². The third kappa shape index (κ3) is 4.02. The molecule has 0 aliphatic carbocycles. The van der Waals surface area contributed by atoms with Gasteiger partial charge < -0.3 is 15.4 Å². The van der Waals surface area contributed by atoms with E-state index in [0.717, 1.165) is 4.47 Å². The molecule has 1 rings (SSSR count). The van der Waals surface area contributed by atoms with Crippen LogP contribution < -0.4 is 5.73 Å². The monoisotopic (exact) mass is 300 g/mol. The Bertz CT molecular complexity index is 396. The van der Waals surface area contributed by atoms with Crippen molar-refractivity contribution < 1.29 is 9.53 Å². The van der Waals surface area contributed by atoms with Crippen LogP contribution in [-0.2, 0) is 4.74 Å². The quantitative estimate of drug-likeness (QED) is 0.669. The number of hydrogen-bond acceptors (Lipinski definition) is 3. The zero-order chi connectivity index (χ0) is 12.8. The van der Waals surface area contributed by atoms with Gasteiger partial charge in [-0.15, -0.1) is 0 Å². The van der Waals surface area contributed by atoms with E-state index in [4.69, 9.17) is 10.5 Å². The molecule has 4 nitrogen and oxygen atoms in total. The van der Waals surface area contributed by atoms with E-state index >= 15 is 0 Å². The number of benzene rings is 1. The van der Waals surface area contributed by atoms with Crippen molar-refractivity contribution in [1.82, 2.24) is 4.90 Å². The highest BCUT2D eigenvalue weighted by molar-refractivity contribution is 9.10. The molecule has 1 amide bonds. The van der Waals surface area contributed by atoms with Crippen LogP contribution in [0, 0.1) is 0 Å². The number of carbonyl (C=O) groups is 1. The number of amides is 1. The average molecular weight is 301 g/mol. The molecule has 0 heterocycles. The summed E-state index contributed by atoms with van der Waals surface area (Å²) in [5.74, 6) is -0.0367. The molecule has 1 aromatic carbocycles. The summed E-state index contributed by atoms with van der Waals surface area (Å²) in [5, 5.41) is 0. The number of rotatable bonds is 5. The van der Waals surface area contributed by atoms with E-state index < -0.39 is 0 Å². The number of nitrogen functional groups attached to an aromatic ring is 1. The fourth-order valence-corrected chi connectivity index (χ4v) is 1.71. The fraction of sp³-hybridized carbons (Fsp3) is 0.417. The summed E-state index contributed by atoms with van der Waals surface area (Å²) in [5.41, 5.74) is 6.91. The summed E-state index contributed by atoms with van der Waals surface area (Å²) < 4.78 is 5.95. The predicted molar refractivity (Wildman–Crippen MR) is 72.0 cm³/mol. The van der Waals surface area contributed by atoms with E-state index in [1.165, 1.54) is 0 Å². The summed E-state index contributed by atoms with van der Waals surface area (Å²) in [7, 11) is 1.76. The van der Waals surface area contributed by atoms with Crippen molar-refractivity contribution in [3.63, 3.8) is 0 Å². The minimum Gasteiger partial charge on any atom is -0.398 e. The van der Waals surface area contributed by atoms with Crippen LogP contribution in [0.3, 0.4) is 0 Å². The van der Waals surface area contributed by atoms with E-state index in [-0.39, 0.29) is 5.91 Å². The largest absolute Gasteiger partial charge is 0.398 e. The molecule has 0 saturated heterocycles. The summed E-state index contributed by atoms with van der Waals surface area (Å²) >= 11 is 3.31. The lowest BCUT2D eigenvalue weighted by molar-refractivity contribution is 0.0710. The van der Waals surface area contributed by atoms with E-state index in [1.807, 2.05) is 6.92 Å². The summed E-state index contributed by atoms with van der Waals surface area (Å²) in [6, 6.07) is 5.17. The summed E-state index contributed by atoms with van der Waals surface area (Å²) in [6.45, 7) is 3.72. The van der Waals surface area contributed by atoms with Crippen LogP contribution in [0.2, 0.25) is 0 Å². The lowest BCUT2D eigenvalue weighted by Crippen LogP contribution is -2.30. The third-order valence-corrected chi connectivity index (χ3v) is 3.06. The van der Waals surface area contributed by atoms with Gasteiger partial charge in [0.15, 0.2) is 0 Å². The molecule has 0 aliphatic heterocycles. The Balaban J connectivity index is 2.65. The molecule has 0 spiro atoms. The van der Waals surface area contributed by atoms with E-state index in [9.17, 15) is 4.79 Å². The SMILES string of the molecule is CCOCCN(C)C(=O)c1ccc(N)c(Br)c1. The zero-order valence-corrected chi connectivity index (χ0v) is 11.7. The molecule has 1 aromatic rings. The Hall–Kier alpha value is -1.07. The van der Waals surface area contributed by atoms with Crippen molar-refractivity contribution in [2.75, 3.05) is 32.5 Å². The maximum atomic E-state index is 12.0. The lowest BCUT2D eigenvalue weighted by Gasteiger charge is -2.17. The summed E-state index contributed by atoms with van der Waals surface area (Å²) in [6.07, 6.45) is 0. The highest BCUT2D eigenvalue weighted by Crippen LogP contribution is 2.20. The average Bonchev–Trinajstić information content (AvgIpc) is 2.32. The molecule has 0 atom stereocenters. The van der Waals surface area contributed by atoms with Gasteiger partial charge in [0, 0.05) is 35.9 Å². The number of hydrogen-bond donors (Lipinski definition) is 1. The van der Waals surface area contributed by atoms with Crippen LogP contribution in [0.5, 0.6) is 0 Å². The molecule has 0 bridgehead atoms. The van der Waals surface area contributed by atoms with Crippen LogP contribution in [0.1, 0.15) is 17.3 Å². The second-order valence-electron chi connectivity index (χ2n) is 3.66. The first kappa shape index (κ1) is 14.0. The highest BCUT2D eigenvalue weighted by atomic mass is 79.9. The van der Waals surface area contributed by atoms with Gasteiger partial charge in [-0.25, -0.2) is 0 Å². The van der Waals surface area contributed by atoms with Crippen LogP contribution in [0.4, 0.5) is 5.69 Å². The Labute approximate surface area is 110 Å². The van der Waals surface area contributed by atoms with Gasteiger partial charge in [0.2, 0.25) is 0 Å². The van der Waals surface area contributed by atoms with Crippen molar-refractivity contribution in [3.05, 3.63) is 28.2 Å². The van der Waals surface area contributed by atoms with E-state index in [2.05, 4.69) is 15.9 Å². The molecule has 17 heavy (non-hydrogen) atoms. The zero-order valence-electron chi connectivity index (χ0n) is 10.1. The van der Waals surface area contributed by atoms with Crippen LogP contribution >= 0.6 is 15.9 Å². The Kier molecular flexibility index (Phi) is 5.44. The molecule has 0 radical (unpaired) electrons. The van der Waals surface area contributed by atoms with Gasteiger partial charge in [-0.3, -0.25) is 4.79 Å². The van der Waals surface area contributed by atoms with Crippen molar-refractivity contribution in [2.24, 2.45) is 0 Å². The lowest BCUT2D eigenvalue weighted by atomic mass is 10.2. The second kappa shape index (κ2) is 6.61. The first-order chi connectivity index (χ1) is 8.06. The highest BCUT2D eigenvalue weighted by Gasteiger charge is 2.12. The molecular weight excluding hydrogens is 284 g/mol. The Morgan fingerprint density at radius 2 is 2.24 bits per heavy atom.